The zero-order valence-corrected chi connectivity index (χ0v) is 20.2. The van der Waals surface area contributed by atoms with Crippen molar-refractivity contribution < 1.29 is 14.6 Å². The van der Waals surface area contributed by atoms with E-state index in [1.54, 1.807) is 26.8 Å². The van der Waals surface area contributed by atoms with Crippen molar-refractivity contribution in [2.24, 2.45) is 11.3 Å². The van der Waals surface area contributed by atoms with Crippen LogP contribution in [-0.2, 0) is 4.79 Å². The fourth-order valence-corrected chi connectivity index (χ4v) is 3.85. The van der Waals surface area contributed by atoms with Crippen molar-refractivity contribution in [3.63, 3.8) is 0 Å². The van der Waals surface area contributed by atoms with E-state index in [0.29, 0.717) is 16.1 Å². The maximum Gasteiger partial charge on any atom is 0.308 e. The zero-order valence-electron chi connectivity index (χ0n) is 18.7. The van der Waals surface area contributed by atoms with Gasteiger partial charge in [-0.05, 0) is 84.6 Å². The minimum absolute atomic E-state index is 0.293. The molecule has 0 atom stereocenters. The van der Waals surface area contributed by atoms with Crippen LogP contribution in [0.15, 0.2) is 18.2 Å². The predicted molar refractivity (Wildman–Crippen MR) is 124 cm³/mol. The van der Waals surface area contributed by atoms with Crippen LogP contribution in [0.5, 0.6) is 5.75 Å². The number of piperidine rings is 2. The van der Waals surface area contributed by atoms with Gasteiger partial charge in [-0.1, -0.05) is 23.2 Å². The second-order valence-electron chi connectivity index (χ2n) is 9.50. The summed E-state index contributed by atoms with van der Waals surface area (Å²) in [6.45, 7) is 11.0. The van der Waals surface area contributed by atoms with Gasteiger partial charge >= 0.3 is 5.97 Å². The summed E-state index contributed by atoms with van der Waals surface area (Å²) < 4.78 is 6.07. The molecule has 7 heteroatoms. The number of nitrogens with zero attached hydrogens (tertiary/aromatic N) is 2. The minimum atomic E-state index is -0.757. The van der Waals surface area contributed by atoms with Gasteiger partial charge in [0.05, 0.1) is 15.5 Å². The molecule has 2 aliphatic rings. The van der Waals surface area contributed by atoms with Crippen LogP contribution in [0.2, 0.25) is 10.0 Å². The summed E-state index contributed by atoms with van der Waals surface area (Å²) in [5.41, 5.74) is -0.583. The molecular weight excluding hydrogens is 423 g/mol. The van der Waals surface area contributed by atoms with E-state index >= 15 is 0 Å². The van der Waals surface area contributed by atoms with Gasteiger partial charge in [0, 0.05) is 25.7 Å². The van der Waals surface area contributed by atoms with Crippen molar-refractivity contribution in [3.05, 3.63) is 28.2 Å². The number of rotatable bonds is 4. The van der Waals surface area contributed by atoms with E-state index in [-0.39, 0.29) is 0 Å². The SMILES string of the molecule is CC(C)(C)C(=O)O.CN1CCC(CN2CCC(Oc3ccc(Cl)c(Cl)c3)CC2)CC1. The lowest BCUT2D eigenvalue weighted by Crippen LogP contribution is -2.42. The number of hydrogen-bond donors (Lipinski definition) is 1. The van der Waals surface area contributed by atoms with Crippen LogP contribution in [-0.4, -0.2) is 66.8 Å². The number of benzene rings is 1. The van der Waals surface area contributed by atoms with Crippen molar-refractivity contribution in [2.75, 3.05) is 39.8 Å². The van der Waals surface area contributed by atoms with Gasteiger partial charge in [-0.3, -0.25) is 4.79 Å². The van der Waals surface area contributed by atoms with E-state index < -0.39 is 11.4 Å². The number of likely N-dealkylation sites (tertiary alicyclic amines) is 2. The highest BCUT2D eigenvalue weighted by Crippen LogP contribution is 2.28. The summed E-state index contributed by atoms with van der Waals surface area (Å²) in [7, 11) is 2.22. The van der Waals surface area contributed by atoms with Gasteiger partial charge in [-0.15, -0.1) is 0 Å². The number of halogens is 2. The van der Waals surface area contributed by atoms with Crippen LogP contribution in [0, 0.1) is 11.3 Å². The molecule has 0 aromatic heterocycles. The highest BCUT2D eigenvalue weighted by atomic mass is 35.5. The predicted octanol–water partition coefficient (Wildman–Crippen LogP) is 5.30. The molecule has 2 fully saturated rings. The van der Waals surface area contributed by atoms with Gasteiger partial charge in [0.2, 0.25) is 0 Å². The number of hydrogen-bond acceptors (Lipinski definition) is 4. The first-order valence-electron chi connectivity index (χ1n) is 10.8. The number of carboxylic acids is 1. The molecule has 2 heterocycles. The molecule has 0 saturated carbocycles. The monoisotopic (exact) mass is 458 g/mol. The van der Waals surface area contributed by atoms with Crippen molar-refractivity contribution in [3.8, 4) is 5.75 Å². The molecule has 1 aromatic carbocycles. The van der Waals surface area contributed by atoms with Gasteiger partial charge < -0.3 is 19.6 Å². The molecule has 170 valence electrons. The molecule has 2 aliphatic heterocycles. The van der Waals surface area contributed by atoms with Gasteiger partial charge in [0.1, 0.15) is 11.9 Å². The molecule has 1 N–H and O–H groups in total. The summed E-state index contributed by atoms with van der Waals surface area (Å²) in [4.78, 5) is 15.1. The Hall–Kier alpha value is -1.01. The molecule has 5 nitrogen and oxygen atoms in total. The van der Waals surface area contributed by atoms with Gasteiger partial charge in [-0.25, -0.2) is 0 Å². The van der Waals surface area contributed by atoms with E-state index in [4.69, 9.17) is 33.0 Å². The third-order valence-electron chi connectivity index (χ3n) is 5.72. The number of carbonyl (C=O) groups is 1. The Morgan fingerprint density at radius 2 is 1.63 bits per heavy atom. The number of aliphatic carboxylic acids is 1. The van der Waals surface area contributed by atoms with E-state index in [0.717, 1.165) is 37.6 Å². The third-order valence-corrected chi connectivity index (χ3v) is 6.46. The largest absolute Gasteiger partial charge is 0.490 e. The second kappa shape index (κ2) is 11.6. The topological polar surface area (TPSA) is 53.0 Å². The lowest BCUT2D eigenvalue weighted by molar-refractivity contribution is -0.145. The zero-order chi connectivity index (χ0) is 22.3. The maximum absolute atomic E-state index is 10.0. The molecule has 0 radical (unpaired) electrons. The van der Waals surface area contributed by atoms with Crippen LogP contribution in [0.3, 0.4) is 0 Å². The average molecular weight is 459 g/mol. The Morgan fingerprint density at radius 1 is 1.07 bits per heavy atom. The Kier molecular flexibility index (Phi) is 9.73. The number of carboxylic acid groups (broad SMARTS) is 1. The lowest BCUT2D eigenvalue weighted by Gasteiger charge is -2.36. The van der Waals surface area contributed by atoms with Crippen molar-refractivity contribution in [2.45, 2.75) is 52.6 Å². The molecular formula is C23H36Cl2N2O3. The molecule has 0 bridgehead atoms. The fraction of sp³-hybridized carbons (Fsp3) is 0.696. The smallest absolute Gasteiger partial charge is 0.308 e. The van der Waals surface area contributed by atoms with Crippen molar-refractivity contribution >= 4 is 29.2 Å². The molecule has 0 spiro atoms. The summed E-state index contributed by atoms with van der Waals surface area (Å²) >= 11 is 12.0. The maximum atomic E-state index is 10.0. The van der Waals surface area contributed by atoms with Crippen LogP contribution in [0.4, 0.5) is 0 Å². The fourth-order valence-electron chi connectivity index (χ4n) is 3.56. The van der Waals surface area contributed by atoms with E-state index in [1.165, 1.54) is 32.5 Å². The standard InChI is InChI=1S/C18H26Cl2N2O.C5H10O2/c1-21-8-4-14(5-9-21)13-22-10-6-15(7-11-22)23-16-2-3-17(19)18(20)12-16;1-5(2,3)4(6)7/h2-3,12,14-15H,4-11,13H2,1H3;1-3H3,(H,6,7). The molecule has 2 saturated heterocycles. The Morgan fingerprint density at radius 3 is 2.13 bits per heavy atom. The average Bonchev–Trinajstić information content (AvgIpc) is 2.68. The van der Waals surface area contributed by atoms with Crippen molar-refractivity contribution in [1.29, 1.82) is 0 Å². The molecule has 30 heavy (non-hydrogen) atoms. The highest BCUT2D eigenvalue weighted by molar-refractivity contribution is 6.42. The normalized spacial score (nSPS) is 19.8. The van der Waals surface area contributed by atoms with Gasteiger partial charge in [0.15, 0.2) is 0 Å². The Balaban J connectivity index is 0.000000396. The van der Waals surface area contributed by atoms with Crippen LogP contribution in [0.1, 0.15) is 46.5 Å². The van der Waals surface area contributed by atoms with Crippen molar-refractivity contribution in [1.82, 2.24) is 9.80 Å². The Labute approximate surface area is 191 Å². The first kappa shape index (κ1) is 25.3. The number of ether oxygens (including phenoxy) is 1. The third kappa shape index (κ3) is 8.62. The van der Waals surface area contributed by atoms with E-state index in [2.05, 4.69) is 16.8 Å². The van der Waals surface area contributed by atoms with Crippen LogP contribution < -0.4 is 4.74 Å². The Bertz CT molecular complexity index is 678. The summed E-state index contributed by atoms with van der Waals surface area (Å²) in [6.07, 6.45) is 5.16. The summed E-state index contributed by atoms with van der Waals surface area (Å²) in [6, 6.07) is 5.52. The second-order valence-corrected chi connectivity index (χ2v) is 10.3. The molecule has 3 rings (SSSR count). The lowest BCUT2D eigenvalue weighted by atomic mass is 9.95. The van der Waals surface area contributed by atoms with Gasteiger partial charge in [0.25, 0.3) is 0 Å². The first-order valence-corrected chi connectivity index (χ1v) is 11.6. The summed E-state index contributed by atoms with van der Waals surface area (Å²) in [5.74, 6) is 0.944. The van der Waals surface area contributed by atoms with Crippen LogP contribution >= 0.6 is 23.2 Å². The quantitative estimate of drug-likeness (QED) is 0.663. The molecule has 1 aromatic rings. The molecule has 0 amide bonds. The molecule has 0 aliphatic carbocycles. The van der Waals surface area contributed by atoms with E-state index in [9.17, 15) is 4.79 Å². The molecule has 0 unspecified atom stereocenters. The van der Waals surface area contributed by atoms with Gasteiger partial charge in [-0.2, -0.15) is 0 Å². The minimum Gasteiger partial charge on any atom is -0.490 e. The highest BCUT2D eigenvalue weighted by Gasteiger charge is 2.24. The van der Waals surface area contributed by atoms with Crippen LogP contribution in [0.25, 0.3) is 0 Å². The summed E-state index contributed by atoms with van der Waals surface area (Å²) in [5, 5.41) is 9.39. The first-order chi connectivity index (χ1) is 14.0. The van der Waals surface area contributed by atoms with E-state index in [1.807, 2.05) is 12.1 Å².